The summed E-state index contributed by atoms with van der Waals surface area (Å²) in [6.45, 7) is 3.52. The molecule has 0 amide bonds. The van der Waals surface area contributed by atoms with E-state index in [0.29, 0.717) is 10.1 Å². The van der Waals surface area contributed by atoms with Gasteiger partial charge in [-0.3, -0.25) is 0 Å². The van der Waals surface area contributed by atoms with Crippen molar-refractivity contribution in [1.82, 2.24) is 0 Å². The highest BCUT2D eigenvalue weighted by atomic mass is 32.1. The highest BCUT2D eigenvalue weighted by Crippen LogP contribution is 2.27. The van der Waals surface area contributed by atoms with E-state index >= 15 is 0 Å². The van der Waals surface area contributed by atoms with Gasteiger partial charge in [-0.05, 0) is 71.0 Å². The van der Waals surface area contributed by atoms with E-state index in [0.717, 1.165) is 33.8 Å². The predicted molar refractivity (Wildman–Crippen MR) is 115 cm³/mol. The Balaban J connectivity index is 1.75. The topological polar surface area (TPSA) is 18.5 Å². The zero-order valence-electron chi connectivity index (χ0n) is 14.6. The fraction of sp³-hybridized carbons (Fsp3) is 0.0909. The molecule has 0 aliphatic heterocycles. The first-order valence-corrected chi connectivity index (χ1v) is 9.01. The number of rotatable bonds is 4. The van der Waals surface area contributed by atoms with Gasteiger partial charge in [0.05, 0.1) is 0 Å². The van der Waals surface area contributed by atoms with E-state index in [1.807, 2.05) is 48.5 Å². The van der Waals surface area contributed by atoms with Gasteiger partial charge < -0.3 is 9.47 Å². The van der Waals surface area contributed by atoms with E-state index in [-0.39, 0.29) is 0 Å². The minimum absolute atomic E-state index is 0.513. The van der Waals surface area contributed by atoms with E-state index in [2.05, 4.69) is 24.3 Å². The molecule has 4 heteroatoms. The quantitative estimate of drug-likeness (QED) is 0.484. The van der Waals surface area contributed by atoms with Crippen molar-refractivity contribution in [2.75, 3.05) is 0 Å². The van der Waals surface area contributed by atoms with Crippen molar-refractivity contribution < 1.29 is 9.47 Å². The SMILES string of the molecule is CC(=S)Oc1ccc(-c2ccc(-c3ccc(OC(C)=S)cc3)cc2)cc1. The van der Waals surface area contributed by atoms with Gasteiger partial charge in [-0.15, -0.1) is 0 Å². The maximum atomic E-state index is 5.43. The molecule has 3 aromatic rings. The molecule has 0 spiro atoms. The van der Waals surface area contributed by atoms with Crippen molar-refractivity contribution in [3.8, 4) is 33.8 Å². The Morgan fingerprint density at radius 3 is 0.962 bits per heavy atom. The molecule has 26 heavy (non-hydrogen) atoms. The summed E-state index contributed by atoms with van der Waals surface area (Å²) in [7, 11) is 0. The van der Waals surface area contributed by atoms with Gasteiger partial charge in [-0.2, -0.15) is 0 Å². The van der Waals surface area contributed by atoms with Crippen molar-refractivity contribution >= 4 is 34.5 Å². The first-order chi connectivity index (χ1) is 12.5. The fourth-order valence-corrected chi connectivity index (χ4v) is 2.81. The Hall–Kier alpha value is -2.56. The average Bonchev–Trinajstić information content (AvgIpc) is 2.62. The van der Waals surface area contributed by atoms with E-state index in [1.54, 1.807) is 13.8 Å². The Morgan fingerprint density at radius 1 is 0.500 bits per heavy atom. The van der Waals surface area contributed by atoms with Crippen LogP contribution in [0.25, 0.3) is 22.3 Å². The normalized spacial score (nSPS) is 10.2. The molecule has 0 unspecified atom stereocenters. The molecule has 0 aliphatic rings. The Bertz CT molecular complexity index is 833. The molecular weight excluding hydrogens is 360 g/mol. The molecule has 3 aromatic carbocycles. The molecular formula is C22H18O2S2. The summed E-state index contributed by atoms with van der Waals surface area (Å²) in [6.07, 6.45) is 0. The molecule has 0 bridgehead atoms. The van der Waals surface area contributed by atoms with E-state index in [4.69, 9.17) is 33.9 Å². The van der Waals surface area contributed by atoms with E-state index in [1.165, 1.54) is 0 Å². The van der Waals surface area contributed by atoms with Crippen molar-refractivity contribution in [2.24, 2.45) is 0 Å². The third kappa shape index (κ3) is 4.75. The van der Waals surface area contributed by atoms with Crippen LogP contribution < -0.4 is 9.47 Å². The van der Waals surface area contributed by atoms with Gasteiger partial charge in [0.25, 0.3) is 0 Å². The molecule has 0 saturated carbocycles. The maximum Gasteiger partial charge on any atom is 0.164 e. The van der Waals surface area contributed by atoms with Crippen LogP contribution in [0.3, 0.4) is 0 Å². The molecule has 0 heterocycles. The van der Waals surface area contributed by atoms with Gasteiger partial charge in [0.2, 0.25) is 0 Å². The number of hydrogen-bond acceptors (Lipinski definition) is 4. The maximum absolute atomic E-state index is 5.43. The van der Waals surface area contributed by atoms with Crippen LogP contribution in [0.2, 0.25) is 0 Å². The summed E-state index contributed by atoms with van der Waals surface area (Å²) in [4.78, 5) is 0. The van der Waals surface area contributed by atoms with Crippen LogP contribution in [0, 0.1) is 0 Å². The molecule has 0 fully saturated rings. The zero-order valence-corrected chi connectivity index (χ0v) is 16.2. The second-order valence-electron chi connectivity index (χ2n) is 5.81. The zero-order chi connectivity index (χ0) is 18.5. The lowest BCUT2D eigenvalue weighted by Gasteiger charge is -2.08. The number of thiocarbonyl (C=S) groups is 2. The van der Waals surface area contributed by atoms with Gasteiger partial charge in [0, 0.05) is 13.8 Å². The number of ether oxygens (including phenoxy) is 2. The molecule has 130 valence electrons. The average molecular weight is 379 g/mol. The Kier molecular flexibility index (Phi) is 5.76. The van der Waals surface area contributed by atoms with E-state index in [9.17, 15) is 0 Å². The molecule has 3 rings (SSSR count). The number of hydrogen-bond donors (Lipinski definition) is 0. The smallest absolute Gasteiger partial charge is 0.164 e. The van der Waals surface area contributed by atoms with Crippen LogP contribution in [0.1, 0.15) is 13.8 Å². The first-order valence-electron chi connectivity index (χ1n) is 8.19. The minimum Gasteiger partial charge on any atom is -0.451 e. The minimum atomic E-state index is 0.513. The van der Waals surface area contributed by atoms with Crippen molar-refractivity contribution in [3.05, 3.63) is 72.8 Å². The fourth-order valence-electron chi connectivity index (χ4n) is 2.62. The lowest BCUT2D eigenvalue weighted by Crippen LogP contribution is -1.98. The lowest BCUT2D eigenvalue weighted by molar-refractivity contribution is 0.561. The summed E-state index contributed by atoms with van der Waals surface area (Å²) in [5, 5.41) is 1.03. The van der Waals surface area contributed by atoms with Crippen LogP contribution >= 0.6 is 24.4 Å². The summed E-state index contributed by atoms with van der Waals surface area (Å²) >= 11 is 9.91. The second kappa shape index (κ2) is 8.21. The second-order valence-corrected chi connectivity index (χ2v) is 6.96. The third-order valence-corrected chi connectivity index (χ3v) is 3.95. The van der Waals surface area contributed by atoms with Gasteiger partial charge in [0.1, 0.15) is 11.5 Å². The summed E-state index contributed by atoms with van der Waals surface area (Å²) < 4.78 is 10.9. The van der Waals surface area contributed by atoms with Crippen LogP contribution in [0.15, 0.2) is 72.8 Å². The molecule has 0 aliphatic carbocycles. The van der Waals surface area contributed by atoms with Crippen LogP contribution in [0.5, 0.6) is 11.5 Å². The van der Waals surface area contributed by atoms with Crippen LogP contribution in [0.4, 0.5) is 0 Å². The molecule has 0 aromatic heterocycles. The molecule has 0 N–H and O–H groups in total. The van der Waals surface area contributed by atoms with Crippen LogP contribution in [-0.4, -0.2) is 10.1 Å². The van der Waals surface area contributed by atoms with Crippen molar-refractivity contribution in [3.63, 3.8) is 0 Å². The first kappa shape index (κ1) is 18.2. The standard InChI is InChI=1S/C22H18O2S2/c1-15(25)23-21-11-7-19(8-12-21)17-3-5-18(6-4-17)20-9-13-22(14-10-20)24-16(2)26/h3-14H,1-2H3. The summed E-state index contributed by atoms with van der Waals surface area (Å²) in [5.74, 6) is 1.51. The Labute approximate surface area is 164 Å². The van der Waals surface area contributed by atoms with Gasteiger partial charge in [0.15, 0.2) is 10.1 Å². The molecule has 0 atom stereocenters. The van der Waals surface area contributed by atoms with Crippen molar-refractivity contribution in [1.29, 1.82) is 0 Å². The molecule has 2 nitrogen and oxygen atoms in total. The molecule has 0 saturated heterocycles. The largest absolute Gasteiger partial charge is 0.451 e. The van der Waals surface area contributed by atoms with Gasteiger partial charge in [-0.25, -0.2) is 0 Å². The number of benzene rings is 3. The highest BCUT2D eigenvalue weighted by molar-refractivity contribution is 7.80. The lowest BCUT2D eigenvalue weighted by atomic mass is 10.0. The van der Waals surface area contributed by atoms with Gasteiger partial charge in [-0.1, -0.05) is 48.5 Å². The third-order valence-electron chi connectivity index (χ3n) is 3.78. The summed E-state index contributed by atoms with van der Waals surface area (Å²) in [5.41, 5.74) is 4.56. The predicted octanol–water partition coefficient (Wildman–Crippen LogP) is 6.47. The van der Waals surface area contributed by atoms with Crippen LogP contribution in [-0.2, 0) is 0 Å². The highest BCUT2D eigenvalue weighted by Gasteiger charge is 2.03. The summed E-state index contributed by atoms with van der Waals surface area (Å²) in [6, 6.07) is 24.3. The van der Waals surface area contributed by atoms with Crippen molar-refractivity contribution in [2.45, 2.75) is 13.8 Å². The Morgan fingerprint density at radius 2 is 0.731 bits per heavy atom. The van der Waals surface area contributed by atoms with E-state index < -0.39 is 0 Å². The molecule has 0 radical (unpaired) electrons. The monoisotopic (exact) mass is 378 g/mol. The van der Waals surface area contributed by atoms with Gasteiger partial charge >= 0.3 is 0 Å².